The molecule has 0 aliphatic rings. The fraction of sp³-hybridized carbons (Fsp3) is 0.182. The van der Waals surface area contributed by atoms with Gasteiger partial charge in [-0.05, 0) is 24.3 Å². The number of rotatable bonds is 3. The number of nitrogens with zero attached hydrogens (tertiary/aromatic N) is 2. The molecule has 0 aliphatic carbocycles. The van der Waals surface area contributed by atoms with Gasteiger partial charge in [-0.3, -0.25) is 4.57 Å². The second-order valence-electron chi connectivity index (χ2n) is 3.44. The summed E-state index contributed by atoms with van der Waals surface area (Å²) in [6, 6.07) is 6.91. The topological polar surface area (TPSA) is 27.1 Å². The van der Waals surface area contributed by atoms with Crippen LogP contribution in [0.5, 0.6) is 5.75 Å². The van der Waals surface area contributed by atoms with Crippen LogP contribution in [0.25, 0.3) is 11.3 Å². The van der Waals surface area contributed by atoms with Gasteiger partial charge in [0.15, 0.2) is 3.83 Å². The maximum Gasteiger partial charge on any atom is 0.382 e. The van der Waals surface area contributed by atoms with Crippen molar-refractivity contribution in [2.24, 2.45) is 0 Å². The van der Waals surface area contributed by atoms with E-state index in [0.717, 1.165) is 27.2 Å². The SMILES string of the molecule is COc1ccc(-c2cnc(I)n2C(F)(F)I)cc1. The molecule has 2 rings (SSSR count). The van der Waals surface area contributed by atoms with E-state index >= 15 is 0 Å². The summed E-state index contributed by atoms with van der Waals surface area (Å²) in [6.45, 7) is 0. The highest BCUT2D eigenvalue weighted by Crippen LogP contribution is 2.36. The van der Waals surface area contributed by atoms with E-state index in [1.165, 1.54) is 6.20 Å². The lowest BCUT2D eigenvalue weighted by atomic mass is 10.1. The summed E-state index contributed by atoms with van der Waals surface area (Å²) in [4.78, 5) is 3.94. The van der Waals surface area contributed by atoms with Gasteiger partial charge in [0.25, 0.3) is 0 Å². The Kier molecular flexibility index (Phi) is 4.09. The number of aromatic nitrogens is 2. The zero-order valence-electron chi connectivity index (χ0n) is 9.20. The quantitative estimate of drug-likeness (QED) is 0.493. The van der Waals surface area contributed by atoms with Gasteiger partial charge in [-0.2, -0.15) is 8.78 Å². The van der Waals surface area contributed by atoms with Gasteiger partial charge in [0.05, 0.1) is 19.0 Å². The van der Waals surface area contributed by atoms with Crippen LogP contribution in [0.3, 0.4) is 0 Å². The molecule has 96 valence electrons. The predicted octanol–water partition coefficient (Wildman–Crippen LogP) is 4.11. The van der Waals surface area contributed by atoms with Crippen LogP contribution in [0.4, 0.5) is 8.78 Å². The first kappa shape index (κ1) is 14.0. The molecule has 18 heavy (non-hydrogen) atoms. The van der Waals surface area contributed by atoms with Crippen LogP contribution in [0.15, 0.2) is 30.5 Å². The Hall–Kier alpha value is -0.450. The van der Waals surface area contributed by atoms with Gasteiger partial charge in [0, 0.05) is 50.7 Å². The van der Waals surface area contributed by atoms with Crippen molar-refractivity contribution in [3.63, 3.8) is 0 Å². The third kappa shape index (κ3) is 2.76. The molecule has 0 unspecified atom stereocenters. The Morgan fingerprint density at radius 1 is 1.28 bits per heavy atom. The highest BCUT2D eigenvalue weighted by molar-refractivity contribution is 14.1. The van der Waals surface area contributed by atoms with Crippen LogP contribution in [-0.2, 0) is 4.05 Å². The third-order valence-electron chi connectivity index (χ3n) is 2.36. The Bertz CT molecular complexity index is 549. The van der Waals surface area contributed by atoms with Crippen LogP contribution in [0, 0.1) is 3.83 Å². The van der Waals surface area contributed by atoms with Crippen molar-refractivity contribution in [3.05, 3.63) is 34.3 Å². The number of ether oxygens (including phenoxy) is 1. The van der Waals surface area contributed by atoms with Crippen molar-refractivity contribution >= 4 is 45.2 Å². The molecule has 0 saturated carbocycles. The Labute approximate surface area is 130 Å². The zero-order chi connectivity index (χ0) is 13.3. The van der Waals surface area contributed by atoms with Crippen molar-refractivity contribution in [1.82, 2.24) is 9.55 Å². The summed E-state index contributed by atoms with van der Waals surface area (Å²) in [6.07, 6.45) is 1.44. The number of halogens is 4. The molecule has 7 heteroatoms. The van der Waals surface area contributed by atoms with Crippen molar-refractivity contribution in [3.8, 4) is 17.0 Å². The smallest absolute Gasteiger partial charge is 0.382 e. The molecule has 0 N–H and O–H groups in total. The van der Waals surface area contributed by atoms with E-state index in [1.54, 1.807) is 54.0 Å². The van der Waals surface area contributed by atoms with Crippen LogP contribution in [0.2, 0.25) is 0 Å². The molecule has 1 heterocycles. The van der Waals surface area contributed by atoms with Crippen molar-refractivity contribution < 1.29 is 13.5 Å². The molecule has 2 aromatic rings. The summed E-state index contributed by atoms with van der Waals surface area (Å²) in [7, 11) is 1.56. The van der Waals surface area contributed by atoms with E-state index in [4.69, 9.17) is 4.74 Å². The number of hydrogen-bond acceptors (Lipinski definition) is 2. The average molecular weight is 476 g/mol. The summed E-state index contributed by atoms with van der Waals surface area (Å²) in [5.41, 5.74) is 1.05. The van der Waals surface area contributed by atoms with E-state index in [2.05, 4.69) is 4.98 Å². The average Bonchev–Trinajstić information content (AvgIpc) is 2.71. The van der Waals surface area contributed by atoms with Crippen LogP contribution < -0.4 is 4.74 Å². The molecule has 1 aromatic heterocycles. The van der Waals surface area contributed by atoms with Gasteiger partial charge in [0.1, 0.15) is 5.75 Å². The minimum absolute atomic E-state index is 0.248. The van der Waals surface area contributed by atoms with Gasteiger partial charge in [0.2, 0.25) is 0 Å². The van der Waals surface area contributed by atoms with E-state index in [0.29, 0.717) is 17.0 Å². The summed E-state index contributed by atoms with van der Waals surface area (Å²) >= 11 is 2.88. The van der Waals surface area contributed by atoms with E-state index < -0.39 is 4.05 Å². The number of methoxy groups -OCH3 is 1. The number of alkyl halides is 3. The third-order valence-corrected chi connectivity index (χ3v) is 3.60. The fourth-order valence-electron chi connectivity index (χ4n) is 1.54. The van der Waals surface area contributed by atoms with Gasteiger partial charge >= 0.3 is 4.05 Å². The highest BCUT2D eigenvalue weighted by Gasteiger charge is 2.31. The van der Waals surface area contributed by atoms with Crippen LogP contribution in [0.1, 0.15) is 0 Å². The normalized spacial score (nSPS) is 11.6. The first-order valence-corrected chi connectivity index (χ1v) is 7.04. The number of hydrogen-bond donors (Lipinski definition) is 0. The second kappa shape index (κ2) is 5.27. The molecular formula is C11H8F2I2N2O. The van der Waals surface area contributed by atoms with Crippen molar-refractivity contribution in [2.45, 2.75) is 4.05 Å². The molecular weight excluding hydrogens is 468 g/mol. The van der Waals surface area contributed by atoms with Crippen molar-refractivity contribution in [1.29, 1.82) is 0 Å². The second-order valence-corrected chi connectivity index (χ2v) is 5.71. The van der Waals surface area contributed by atoms with Gasteiger partial charge < -0.3 is 4.74 Å². The monoisotopic (exact) mass is 476 g/mol. The van der Waals surface area contributed by atoms with Crippen molar-refractivity contribution in [2.75, 3.05) is 7.11 Å². The lowest BCUT2D eigenvalue weighted by Gasteiger charge is -2.15. The molecule has 3 nitrogen and oxygen atoms in total. The molecule has 1 aromatic carbocycles. The Morgan fingerprint density at radius 2 is 1.89 bits per heavy atom. The first-order chi connectivity index (χ1) is 8.43. The minimum Gasteiger partial charge on any atom is -0.497 e. The Balaban J connectivity index is 2.51. The number of imidazole rings is 1. The van der Waals surface area contributed by atoms with Gasteiger partial charge in [-0.15, -0.1) is 0 Å². The maximum absolute atomic E-state index is 13.5. The molecule has 0 atom stereocenters. The van der Waals surface area contributed by atoms with Gasteiger partial charge in [-0.1, -0.05) is 0 Å². The van der Waals surface area contributed by atoms with Gasteiger partial charge in [-0.25, -0.2) is 4.98 Å². The maximum atomic E-state index is 13.5. The minimum atomic E-state index is -3.01. The Morgan fingerprint density at radius 3 is 2.39 bits per heavy atom. The lowest BCUT2D eigenvalue weighted by molar-refractivity contribution is 0.0450. The van der Waals surface area contributed by atoms with E-state index in [9.17, 15) is 8.78 Å². The summed E-state index contributed by atoms with van der Waals surface area (Å²) in [5.74, 6) is 0.681. The molecule has 0 amide bonds. The van der Waals surface area contributed by atoms with E-state index in [1.807, 2.05) is 0 Å². The molecule has 0 saturated heterocycles. The molecule has 0 spiro atoms. The first-order valence-electron chi connectivity index (χ1n) is 4.88. The van der Waals surface area contributed by atoms with Crippen LogP contribution in [-0.4, -0.2) is 16.7 Å². The van der Waals surface area contributed by atoms with Crippen LogP contribution >= 0.6 is 45.2 Å². The largest absolute Gasteiger partial charge is 0.497 e. The van der Waals surface area contributed by atoms with E-state index in [-0.39, 0.29) is 3.83 Å². The summed E-state index contributed by atoms with van der Waals surface area (Å²) in [5, 5.41) is 0. The lowest BCUT2D eigenvalue weighted by Crippen LogP contribution is -2.17. The molecule has 0 aliphatic heterocycles. The molecule has 0 fully saturated rings. The zero-order valence-corrected chi connectivity index (χ0v) is 13.5. The standard InChI is InChI=1S/C11H8F2I2N2O/c1-18-8-4-2-7(3-5-8)9-6-16-10(14)17(9)11(12,13)15/h2-6H,1H3. The number of benzene rings is 1. The highest BCUT2D eigenvalue weighted by atomic mass is 127. The molecule has 0 radical (unpaired) electrons. The fourth-order valence-corrected chi connectivity index (χ4v) is 3.19. The summed E-state index contributed by atoms with van der Waals surface area (Å²) < 4.78 is 30.2. The predicted molar refractivity (Wildman–Crippen MR) is 81.1 cm³/mol. The molecule has 0 bridgehead atoms.